The van der Waals surface area contributed by atoms with Gasteiger partial charge in [0.05, 0.1) is 5.75 Å². The Bertz CT molecular complexity index is 934. The van der Waals surface area contributed by atoms with Gasteiger partial charge in [-0.1, -0.05) is 29.4 Å². The van der Waals surface area contributed by atoms with Crippen LogP contribution in [0.1, 0.15) is 17.1 Å². The number of nitrogens with zero attached hydrogens (tertiary/aromatic N) is 4. The number of halogens is 1. The Labute approximate surface area is 161 Å². The first-order valence-electron chi connectivity index (χ1n) is 8.12. The van der Waals surface area contributed by atoms with Crippen molar-refractivity contribution in [1.29, 1.82) is 0 Å². The van der Waals surface area contributed by atoms with Crippen LogP contribution in [-0.2, 0) is 25.3 Å². The molecule has 1 aromatic carbocycles. The molecule has 0 radical (unpaired) electrons. The summed E-state index contributed by atoms with van der Waals surface area (Å²) in [5.74, 6) is 1.01. The zero-order valence-corrected chi connectivity index (χ0v) is 16.4. The van der Waals surface area contributed by atoms with Gasteiger partial charge in [0.15, 0.2) is 5.16 Å². The quantitative estimate of drug-likeness (QED) is 0.656. The second-order valence-electron chi connectivity index (χ2n) is 5.99. The predicted molar refractivity (Wildman–Crippen MR) is 105 cm³/mol. The van der Waals surface area contributed by atoms with Crippen LogP contribution in [0, 0.1) is 6.92 Å². The van der Waals surface area contributed by atoms with Crippen LogP contribution in [0.15, 0.2) is 41.7 Å². The highest BCUT2D eigenvalue weighted by molar-refractivity contribution is 7.99. The van der Waals surface area contributed by atoms with E-state index in [1.54, 1.807) is 6.07 Å². The lowest BCUT2D eigenvalue weighted by atomic mass is 10.2. The fourth-order valence-corrected chi connectivity index (χ4v) is 3.43. The normalized spacial score (nSPS) is 10.9. The lowest BCUT2D eigenvalue weighted by Crippen LogP contribution is -2.15. The highest BCUT2D eigenvalue weighted by Crippen LogP contribution is 2.24. The van der Waals surface area contributed by atoms with Gasteiger partial charge in [-0.2, -0.15) is 0 Å². The minimum atomic E-state index is -0.104. The second-order valence-corrected chi connectivity index (χ2v) is 7.34. The summed E-state index contributed by atoms with van der Waals surface area (Å²) in [6.07, 6.45) is 2.70. The molecule has 0 aliphatic rings. The lowest BCUT2D eigenvalue weighted by molar-refractivity contribution is -0.113. The third-order valence-electron chi connectivity index (χ3n) is 4.19. The zero-order valence-electron chi connectivity index (χ0n) is 14.9. The number of carbonyl (C=O) groups is 1. The number of hydrogen-bond acceptors (Lipinski definition) is 4. The van der Waals surface area contributed by atoms with E-state index in [1.165, 1.54) is 11.8 Å². The van der Waals surface area contributed by atoms with Crippen LogP contribution in [0.25, 0.3) is 0 Å². The van der Waals surface area contributed by atoms with Gasteiger partial charge in [0, 0.05) is 43.1 Å². The molecule has 0 bridgehead atoms. The zero-order chi connectivity index (χ0) is 18.7. The van der Waals surface area contributed by atoms with Crippen molar-refractivity contribution in [3.8, 4) is 0 Å². The number of aromatic nitrogens is 4. The van der Waals surface area contributed by atoms with Gasteiger partial charge in [0.1, 0.15) is 5.82 Å². The lowest BCUT2D eigenvalue weighted by Gasteiger charge is -2.09. The minimum Gasteiger partial charge on any atom is -0.354 e. The summed E-state index contributed by atoms with van der Waals surface area (Å²) < 4.78 is 3.98. The van der Waals surface area contributed by atoms with Crippen molar-refractivity contribution >= 4 is 35.0 Å². The van der Waals surface area contributed by atoms with Crippen LogP contribution < -0.4 is 5.32 Å². The number of hydrogen-bond donors (Lipinski definition) is 1. The average Bonchev–Trinajstić information content (AvgIpc) is 3.17. The van der Waals surface area contributed by atoms with Gasteiger partial charge in [-0.3, -0.25) is 4.79 Å². The van der Waals surface area contributed by atoms with Crippen molar-refractivity contribution in [1.82, 2.24) is 19.3 Å². The summed E-state index contributed by atoms with van der Waals surface area (Å²) in [6, 6.07) is 9.52. The highest BCUT2D eigenvalue weighted by Gasteiger charge is 2.13. The first kappa shape index (κ1) is 18.5. The summed E-state index contributed by atoms with van der Waals surface area (Å²) in [7, 11) is 3.92. The molecule has 8 heteroatoms. The molecule has 0 spiro atoms. The second kappa shape index (κ2) is 7.97. The van der Waals surface area contributed by atoms with Crippen molar-refractivity contribution < 1.29 is 4.79 Å². The Kier molecular flexibility index (Phi) is 5.68. The summed E-state index contributed by atoms with van der Waals surface area (Å²) in [6.45, 7) is 1.88. The van der Waals surface area contributed by atoms with E-state index in [1.807, 2.05) is 50.0 Å². The molecule has 0 saturated carbocycles. The first-order valence-corrected chi connectivity index (χ1v) is 9.48. The van der Waals surface area contributed by atoms with E-state index < -0.39 is 0 Å². The highest BCUT2D eigenvalue weighted by atomic mass is 35.5. The molecule has 0 atom stereocenters. The number of aryl methyl sites for hydroxylation is 1. The Morgan fingerprint density at radius 2 is 2.04 bits per heavy atom. The largest absolute Gasteiger partial charge is 0.354 e. The van der Waals surface area contributed by atoms with Gasteiger partial charge in [-0.05, 0) is 36.8 Å². The number of thioether (sulfide) groups is 1. The molecule has 3 aromatic rings. The fourth-order valence-electron chi connectivity index (χ4n) is 2.53. The molecule has 1 N–H and O–H groups in total. The van der Waals surface area contributed by atoms with Crippen LogP contribution in [0.2, 0.25) is 5.02 Å². The van der Waals surface area contributed by atoms with Crippen molar-refractivity contribution in [3.63, 3.8) is 0 Å². The maximum Gasteiger partial charge on any atom is 0.234 e. The monoisotopic (exact) mass is 389 g/mol. The Balaban J connectivity index is 1.60. The third-order valence-corrected chi connectivity index (χ3v) is 5.62. The summed E-state index contributed by atoms with van der Waals surface area (Å²) in [4.78, 5) is 12.2. The molecule has 26 heavy (non-hydrogen) atoms. The van der Waals surface area contributed by atoms with Crippen LogP contribution in [0.4, 0.5) is 5.69 Å². The van der Waals surface area contributed by atoms with Crippen LogP contribution in [-0.4, -0.2) is 31.0 Å². The Morgan fingerprint density at radius 3 is 2.77 bits per heavy atom. The van der Waals surface area contributed by atoms with Gasteiger partial charge in [0.2, 0.25) is 5.91 Å². The molecule has 2 aromatic heterocycles. The molecule has 0 aliphatic carbocycles. The number of anilines is 1. The Hall–Kier alpha value is -2.25. The molecular formula is C18H20ClN5OS. The van der Waals surface area contributed by atoms with Gasteiger partial charge in [0.25, 0.3) is 0 Å². The SMILES string of the molecule is Cc1c(Cl)cccc1NC(=O)CSc1nnc(Cc2cccn2C)n1C. The van der Waals surface area contributed by atoms with E-state index in [0.29, 0.717) is 16.6 Å². The van der Waals surface area contributed by atoms with Crippen molar-refractivity contribution in [2.24, 2.45) is 14.1 Å². The first-order chi connectivity index (χ1) is 12.5. The summed E-state index contributed by atoms with van der Waals surface area (Å²) in [5.41, 5.74) is 2.74. The number of amides is 1. The van der Waals surface area contributed by atoms with E-state index in [4.69, 9.17) is 11.6 Å². The topological polar surface area (TPSA) is 64.7 Å². The van der Waals surface area contributed by atoms with E-state index in [0.717, 1.165) is 22.8 Å². The van der Waals surface area contributed by atoms with E-state index >= 15 is 0 Å². The standard InChI is InChI=1S/C18H20ClN5OS/c1-12-14(19)7-4-8-15(12)20-17(25)11-26-18-22-21-16(24(18)3)10-13-6-5-9-23(13)2/h4-9H,10-11H2,1-3H3,(H,20,25). The minimum absolute atomic E-state index is 0.104. The van der Waals surface area contributed by atoms with E-state index in [-0.39, 0.29) is 11.7 Å². The summed E-state index contributed by atoms with van der Waals surface area (Å²) in [5, 5.41) is 12.7. The average molecular weight is 390 g/mol. The number of benzene rings is 1. The van der Waals surface area contributed by atoms with E-state index in [2.05, 4.69) is 26.1 Å². The van der Waals surface area contributed by atoms with Gasteiger partial charge >= 0.3 is 0 Å². The van der Waals surface area contributed by atoms with Crippen LogP contribution >= 0.6 is 23.4 Å². The predicted octanol–water partition coefficient (Wildman–Crippen LogP) is 3.44. The maximum atomic E-state index is 12.2. The summed E-state index contributed by atoms with van der Waals surface area (Å²) >= 11 is 7.44. The third kappa shape index (κ3) is 4.11. The number of rotatable bonds is 6. The van der Waals surface area contributed by atoms with Crippen molar-refractivity contribution in [2.45, 2.75) is 18.5 Å². The van der Waals surface area contributed by atoms with Crippen molar-refractivity contribution in [3.05, 3.63) is 58.6 Å². The molecule has 0 aliphatic heterocycles. The van der Waals surface area contributed by atoms with Crippen LogP contribution in [0.5, 0.6) is 0 Å². The molecule has 1 amide bonds. The fraction of sp³-hybridized carbons (Fsp3) is 0.278. The molecule has 0 unspecified atom stereocenters. The van der Waals surface area contributed by atoms with Gasteiger partial charge in [-0.25, -0.2) is 0 Å². The molecule has 2 heterocycles. The molecule has 136 valence electrons. The van der Waals surface area contributed by atoms with Gasteiger partial charge in [-0.15, -0.1) is 10.2 Å². The van der Waals surface area contributed by atoms with Crippen LogP contribution in [0.3, 0.4) is 0 Å². The number of nitrogens with one attached hydrogen (secondary N) is 1. The smallest absolute Gasteiger partial charge is 0.234 e. The molecule has 6 nitrogen and oxygen atoms in total. The molecular weight excluding hydrogens is 370 g/mol. The Morgan fingerprint density at radius 1 is 1.23 bits per heavy atom. The molecule has 0 fully saturated rings. The van der Waals surface area contributed by atoms with Gasteiger partial charge < -0.3 is 14.5 Å². The number of carbonyl (C=O) groups excluding carboxylic acids is 1. The van der Waals surface area contributed by atoms with Crippen molar-refractivity contribution in [2.75, 3.05) is 11.1 Å². The molecule has 0 saturated heterocycles. The molecule has 3 rings (SSSR count). The van der Waals surface area contributed by atoms with E-state index in [9.17, 15) is 4.79 Å². The maximum absolute atomic E-state index is 12.2.